The van der Waals surface area contributed by atoms with E-state index in [1.165, 1.54) is 11.8 Å². The second-order valence-electron chi connectivity index (χ2n) is 5.96. The molecule has 0 N–H and O–H groups in total. The molecule has 2 heterocycles. The van der Waals surface area contributed by atoms with E-state index >= 15 is 0 Å². The molecule has 0 aliphatic carbocycles. The number of nitrogens with zero attached hydrogens (tertiary/aromatic N) is 3. The molecular weight excluding hydrogens is 302 g/mol. The summed E-state index contributed by atoms with van der Waals surface area (Å²) in [5, 5.41) is 4.74. The van der Waals surface area contributed by atoms with Gasteiger partial charge < -0.3 is 4.90 Å². The Bertz CT molecular complexity index is 978. The second kappa shape index (κ2) is 5.92. The summed E-state index contributed by atoms with van der Waals surface area (Å²) in [4.78, 5) is 26.6. The molecule has 0 saturated carbocycles. The van der Waals surface area contributed by atoms with Crippen LogP contribution in [0, 0.1) is 0 Å². The van der Waals surface area contributed by atoms with Crippen LogP contribution in [0.2, 0.25) is 0 Å². The molecule has 24 heavy (non-hydrogen) atoms. The zero-order chi connectivity index (χ0) is 16.5. The molecule has 5 heteroatoms. The Hall–Kier alpha value is -2.95. The summed E-state index contributed by atoms with van der Waals surface area (Å²) >= 11 is 0. The number of amides is 1. The SMILES string of the molecule is O=C(Cn1ncc(=O)c2ccccc21)N1CCCc2ccccc21. The maximum atomic E-state index is 12.8. The van der Waals surface area contributed by atoms with Crippen LogP contribution < -0.4 is 10.3 Å². The summed E-state index contributed by atoms with van der Waals surface area (Å²) in [6.45, 7) is 0.836. The standard InChI is InChI=1S/C19H17N3O2/c23-18-12-20-22(17-10-4-2-8-15(17)18)13-19(24)21-11-5-7-14-6-1-3-9-16(14)21/h1-4,6,8-10,12H,5,7,11,13H2. The number of benzene rings is 2. The molecule has 1 aromatic heterocycles. The van der Waals surface area contributed by atoms with E-state index in [1.54, 1.807) is 10.7 Å². The van der Waals surface area contributed by atoms with Crippen LogP contribution in [-0.4, -0.2) is 22.2 Å². The number of carbonyl (C=O) groups excluding carboxylic acids is 1. The lowest BCUT2D eigenvalue weighted by Gasteiger charge is -2.29. The fraction of sp³-hybridized carbons (Fsp3) is 0.211. The number of rotatable bonds is 2. The Morgan fingerprint density at radius 2 is 1.88 bits per heavy atom. The number of carbonyl (C=O) groups is 1. The molecule has 0 atom stereocenters. The number of anilines is 1. The van der Waals surface area contributed by atoms with Crippen LogP contribution >= 0.6 is 0 Å². The fourth-order valence-electron chi connectivity index (χ4n) is 3.29. The van der Waals surface area contributed by atoms with E-state index in [-0.39, 0.29) is 17.9 Å². The van der Waals surface area contributed by atoms with Crippen LogP contribution in [0.3, 0.4) is 0 Å². The first-order valence-corrected chi connectivity index (χ1v) is 8.07. The molecule has 1 amide bonds. The van der Waals surface area contributed by atoms with Crippen molar-refractivity contribution in [3.05, 3.63) is 70.5 Å². The third-order valence-corrected chi connectivity index (χ3v) is 4.46. The highest BCUT2D eigenvalue weighted by molar-refractivity contribution is 5.95. The van der Waals surface area contributed by atoms with Gasteiger partial charge in [-0.25, -0.2) is 0 Å². The van der Waals surface area contributed by atoms with Gasteiger partial charge in [0.2, 0.25) is 11.3 Å². The van der Waals surface area contributed by atoms with Gasteiger partial charge in [0.1, 0.15) is 6.54 Å². The summed E-state index contributed by atoms with van der Waals surface area (Å²) < 4.78 is 1.61. The third kappa shape index (κ3) is 2.48. The van der Waals surface area contributed by atoms with Gasteiger partial charge in [-0.3, -0.25) is 14.3 Å². The first-order valence-electron chi connectivity index (χ1n) is 8.07. The van der Waals surface area contributed by atoms with Crippen molar-refractivity contribution < 1.29 is 4.79 Å². The third-order valence-electron chi connectivity index (χ3n) is 4.46. The normalized spacial score (nSPS) is 13.8. The molecule has 4 rings (SSSR count). The van der Waals surface area contributed by atoms with E-state index in [2.05, 4.69) is 11.2 Å². The minimum atomic E-state index is -0.127. The van der Waals surface area contributed by atoms with E-state index in [1.807, 2.05) is 41.3 Å². The quantitative estimate of drug-likeness (QED) is 0.729. The average molecular weight is 319 g/mol. The van der Waals surface area contributed by atoms with Crippen LogP contribution in [0.15, 0.2) is 59.5 Å². The van der Waals surface area contributed by atoms with Crippen LogP contribution in [0.5, 0.6) is 0 Å². The van der Waals surface area contributed by atoms with Crippen molar-refractivity contribution in [1.29, 1.82) is 0 Å². The molecule has 3 aromatic rings. The van der Waals surface area contributed by atoms with Gasteiger partial charge in [0, 0.05) is 17.6 Å². The van der Waals surface area contributed by atoms with E-state index in [0.29, 0.717) is 17.4 Å². The smallest absolute Gasteiger partial charge is 0.248 e. The van der Waals surface area contributed by atoms with Gasteiger partial charge >= 0.3 is 0 Å². The molecule has 1 aliphatic heterocycles. The lowest BCUT2D eigenvalue weighted by Crippen LogP contribution is -2.38. The second-order valence-corrected chi connectivity index (χ2v) is 5.96. The molecule has 120 valence electrons. The van der Waals surface area contributed by atoms with Crippen molar-refractivity contribution in [3.63, 3.8) is 0 Å². The predicted octanol–water partition coefficient (Wildman–Crippen LogP) is 2.38. The van der Waals surface area contributed by atoms with Gasteiger partial charge in [-0.15, -0.1) is 0 Å². The number of aromatic nitrogens is 2. The molecule has 0 radical (unpaired) electrons. The Morgan fingerprint density at radius 1 is 1.08 bits per heavy atom. The molecule has 0 saturated heterocycles. The Balaban J connectivity index is 1.69. The number of hydrogen-bond donors (Lipinski definition) is 0. The van der Waals surface area contributed by atoms with Crippen molar-refractivity contribution in [2.24, 2.45) is 0 Å². The first-order chi connectivity index (χ1) is 11.7. The van der Waals surface area contributed by atoms with Gasteiger partial charge in [0.15, 0.2) is 0 Å². The summed E-state index contributed by atoms with van der Waals surface area (Å²) in [7, 11) is 0. The minimum Gasteiger partial charge on any atom is -0.311 e. The summed E-state index contributed by atoms with van der Waals surface area (Å²) in [6.07, 6.45) is 3.24. The molecule has 1 aliphatic rings. The number of hydrogen-bond acceptors (Lipinski definition) is 3. The van der Waals surface area contributed by atoms with Crippen molar-refractivity contribution in [1.82, 2.24) is 9.78 Å². The van der Waals surface area contributed by atoms with E-state index < -0.39 is 0 Å². The molecular formula is C19H17N3O2. The average Bonchev–Trinajstić information content (AvgIpc) is 2.64. The topological polar surface area (TPSA) is 55.2 Å². The lowest BCUT2D eigenvalue weighted by atomic mass is 10.0. The maximum absolute atomic E-state index is 12.8. The molecule has 0 fully saturated rings. The first kappa shape index (κ1) is 14.6. The fourth-order valence-corrected chi connectivity index (χ4v) is 3.29. The molecule has 0 bridgehead atoms. The molecule has 0 unspecified atom stereocenters. The Labute approximate surface area is 139 Å². The summed E-state index contributed by atoms with van der Waals surface area (Å²) in [6, 6.07) is 15.3. The maximum Gasteiger partial charge on any atom is 0.248 e. The van der Waals surface area contributed by atoms with Crippen molar-refractivity contribution in [3.8, 4) is 0 Å². The van der Waals surface area contributed by atoms with E-state index in [4.69, 9.17) is 0 Å². The highest BCUT2D eigenvalue weighted by atomic mass is 16.2. The Kier molecular flexibility index (Phi) is 3.61. The summed E-state index contributed by atoms with van der Waals surface area (Å²) in [5.74, 6) is -0.0107. The predicted molar refractivity (Wildman–Crippen MR) is 93.1 cm³/mol. The highest BCUT2D eigenvalue weighted by Gasteiger charge is 2.22. The van der Waals surface area contributed by atoms with Crippen LogP contribution in [-0.2, 0) is 17.8 Å². The van der Waals surface area contributed by atoms with Gasteiger partial charge in [0.05, 0.1) is 11.7 Å². The van der Waals surface area contributed by atoms with Crippen LogP contribution in [0.4, 0.5) is 5.69 Å². The van der Waals surface area contributed by atoms with Gasteiger partial charge in [-0.2, -0.15) is 5.10 Å². The largest absolute Gasteiger partial charge is 0.311 e. The van der Waals surface area contributed by atoms with Gasteiger partial charge in [-0.05, 0) is 36.6 Å². The van der Waals surface area contributed by atoms with Crippen LogP contribution in [0.25, 0.3) is 10.9 Å². The van der Waals surface area contributed by atoms with Gasteiger partial charge in [-0.1, -0.05) is 30.3 Å². The Morgan fingerprint density at radius 3 is 2.79 bits per heavy atom. The molecule has 2 aromatic carbocycles. The zero-order valence-electron chi connectivity index (χ0n) is 13.2. The minimum absolute atomic E-state index is 0.0107. The monoisotopic (exact) mass is 319 g/mol. The number of para-hydroxylation sites is 2. The van der Waals surface area contributed by atoms with Crippen molar-refractivity contribution in [2.45, 2.75) is 19.4 Å². The van der Waals surface area contributed by atoms with E-state index in [0.717, 1.165) is 18.5 Å². The van der Waals surface area contributed by atoms with E-state index in [9.17, 15) is 9.59 Å². The van der Waals surface area contributed by atoms with Crippen molar-refractivity contribution in [2.75, 3.05) is 11.4 Å². The molecule has 5 nitrogen and oxygen atoms in total. The lowest BCUT2D eigenvalue weighted by molar-refractivity contribution is -0.119. The zero-order valence-corrected chi connectivity index (χ0v) is 13.2. The summed E-state index contributed by atoms with van der Waals surface area (Å²) in [5.41, 5.74) is 2.75. The van der Waals surface area contributed by atoms with Crippen molar-refractivity contribution >= 4 is 22.5 Å². The van der Waals surface area contributed by atoms with Gasteiger partial charge in [0.25, 0.3) is 0 Å². The number of aryl methyl sites for hydroxylation is 1. The van der Waals surface area contributed by atoms with Crippen LogP contribution in [0.1, 0.15) is 12.0 Å². The number of fused-ring (bicyclic) bond motifs is 2. The highest BCUT2D eigenvalue weighted by Crippen LogP contribution is 2.27. The molecule has 0 spiro atoms.